The summed E-state index contributed by atoms with van der Waals surface area (Å²) in [5.74, 6) is 2.72. The minimum atomic E-state index is 0.502. The molecule has 0 atom stereocenters. The molecule has 1 aliphatic carbocycles. The van der Waals surface area contributed by atoms with Gasteiger partial charge in [-0.1, -0.05) is 26.2 Å². The Bertz CT molecular complexity index is 998. The first kappa shape index (κ1) is 26.9. The maximum absolute atomic E-state index is 5.26. The quantitative estimate of drug-likeness (QED) is 0.354. The number of piperidine rings is 1. The van der Waals surface area contributed by atoms with Crippen molar-refractivity contribution in [1.82, 2.24) is 19.8 Å². The van der Waals surface area contributed by atoms with Gasteiger partial charge in [-0.05, 0) is 121 Å². The van der Waals surface area contributed by atoms with E-state index < -0.39 is 0 Å². The molecule has 5 rings (SSSR count). The Morgan fingerprint density at radius 3 is 2.32 bits per heavy atom. The van der Waals surface area contributed by atoms with Gasteiger partial charge in [-0.2, -0.15) is 0 Å². The summed E-state index contributed by atoms with van der Waals surface area (Å²) in [6, 6.07) is 6.01. The second-order valence-electron chi connectivity index (χ2n) is 12.3. The van der Waals surface area contributed by atoms with Crippen LogP contribution in [0.15, 0.2) is 12.1 Å². The number of benzene rings is 1. The SMILES string of the molecule is CCc1cc2c(NC3CCN(C(C)C)CC3)nc(C3CCCCC3)nc2cc1CCCCN1CCCC1. The lowest BCUT2D eigenvalue weighted by Crippen LogP contribution is -2.42. The Morgan fingerprint density at radius 1 is 0.865 bits per heavy atom. The van der Waals surface area contributed by atoms with Crippen LogP contribution in [0.4, 0.5) is 5.82 Å². The Labute approximate surface area is 225 Å². The van der Waals surface area contributed by atoms with E-state index in [4.69, 9.17) is 9.97 Å². The zero-order valence-corrected chi connectivity index (χ0v) is 23.9. The number of anilines is 1. The number of likely N-dealkylation sites (tertiary alicyclic amines) is 2. The minimum absolute atomic E-state index is 0.502. The lowest BCUT2D eigenvalue weighted by atomic mass is 9.88. The minimum Gasteiger partial charge on any atom is -0.367 e. The predicted octanol–water partition coefficient (Wildman–Crippen LogP) is 6.94. The molecule has 2 aromatic rings. The van der Waals surface area contributed by atoms with E-state index in [1.807, 2.05) is 0 Å². The average Bonchev–Trinajstić information content (AvgIpc) is 3.45. The highest BCUT2D eigenvalue weighted by Gasteiger charge is 2.24. The molecule has 0 bridgehead atoms. The summed E-state index contributed by atoms with van der Waals surface area (Å²) in [4.78, 5) is 15.8. The molecular formula is C32H51N5. The first-order valence-corrected chi connectivity index (χ1v) is 15.7. The predicted molar refractivity (Wildman–Crippen MR) is 157 cm³/mol. The molecule has 1 saturated carbocycles. The van der Waals surface area contributed by atoms with Gasteiger partial charge in [-0.25, -0.2) is 9.97 Å². The molecule has 5 heteroatoms. The zero-order chi connectivity index (χ0) is 25.6. The second kappa shape index (κ2) is 12.9. The lowest BCUT2D eigenvalue weighted by Gasteiger charge is -2.35. The van der Waals surface area contributed by atoms with Crippen molar-refractivity contribution in [2.75, 3.05) is 38.0 Å². The van der Waals surface area contributed by atoms with Crippen LogP contribution in [0, 0.1) is 0 Å². The summed E-state index contributed by atoms with van der Waals surface area (Å²) in [6.07, 6.45) is 16.5. The second-order valence-corrected chi connectivity index (χ2v) is 12.3. The fourth-order valence-corrected chi connectivity index (χ4v) is 6.91. The monoisotopic (exact) mass is 505 g/mol. The van der Waals surface area contributed by atoms with Crippen molar-refractivity contribution >= 4 is 16.7 Å². The van der Waals surface area contributed by atoms with Gasteiger partial charge in [-0.3, -0.25) is 0 Å². The van der Waals surface area contributed by atoms with Crippen LogP contribution in [-0.4, -0.2) is 64.6 Å². The molecule has 204 valence electrons. The largest absolute Gasteiger partial charge is 0.367 e. The zero-order valence-electron chi connectivity index (χ0n) is 23.9. The van der Waals surface area contributed by atoms with E-state index in [-0.39, 0.29) is 0 Å². The summed E-state index contributed by atoms with van der Waals surface area (Å²) < 4.78 is 0. The van der Waals surface area contributed by atoms with Crippen LogP contribution in [0.25, 0.3) is 10.9 Å². The van der Waals surface area contributed by atoms with Crippen LogP contribution in [0.2, 0.25) is 0 Å². The van der Waals surface area contributed by atoms with E-state index in [0.717, 1.165) is 18.1 Å². The summed E-state index contributed by atoms with van der Waals surface area (Å²) in [5.41, 5.74) is 4.17. The molecule has 5 nitrogen and oxygen atoms in total. The number of unbranched alkanes of at least 4 members (excludes halogenated alkanes) is 1. The molecule has 2 aliphatic heterocycles. The van der Waals surface area contributed by atoms with Gasteiger partial charge in [0.2, 0.25) is 0 Å². The van der Waals surface area contributed by atoms with Crippen LogP contribution in [-0.2, 0) is 12.8 Å². The summed E-state index contributed by atoms with van der Waals surface area (Å²) >= 11 is 0. The van der Waals surface area contributed by atoms with Gasteiger partial charge in [-0.15, -0.1) is 0 Å². The molecule has 3 fully saturated rings. The molecule has 1 aromatic heterocycles. The topological polar surface area (TPSA) is 44.3 Å². The number of rotatable bonds is 10. The van der Waals surface area contributed by atoms with Crippen molar-refractivity contribution in [2.24, 2.45) is 0 Å². The van der Waals surface area contributed by atoms with E-state index in [1.54, 1.807) is 0 Å². The number of nitrogens with zero attached hydrogens (tertiary/aromatic N) is 4. The molecule has 0 spiro atoms. The summed E-state index contributed by atoms with van der Waals surface area (Å²) in [6.45, 7) is 13.2. The fraction of sp³-hybridized carbons (Fsp3) is 0.750. The summed E-state index contributed by atoms with van der Waals surface area (Å²) in [5, 5.41) is 5.17. The first-order valence-electron chi connectivity index (χ1n) is 15.7. The third kappa shape index (κ3) is 6.84. The van der Waals surface area contributed by atoms with E-state index in [1.165, 1.54) is 132 Å². The number of aryl methyl sites for hydroxylation is 2. The van der Waals surface area contributed by atoms with Gasteiger partial charge in [0.25, 0.3) is 0 Å². The molecule has 0 radical (unpaired) electrons. The van der Waals surface area contributed by atoms with Crippen LogP contribution in [0.5, 0.6) is 0 Å². The first-order chi connectivity index (χ1) is 18.1. The highest BCUT2D eigenvalue weighted by atomic mass is 15.2. The van der Waals surface area contributed by atoms with Crippen LogP contribution >= 0.6 is 0 Å². The number of fused-ring (bicyclic) bond motifs is 1. The molecule has 0 unspecified atom stereocenters. The maximum atomic E-state index is 5.26. The van der Waals surface area contributed by atoms with Crippen molar-refractivity contribution in [3.8, 4) is 0 Å². The molecule has 1 N–H and O–H groups in total. The van der Waals surface area contributed by atoms with E-state index in [9.17, 15) is 0 Å². The van der Waals surface area contributed by atoms with Crippen LogP contribution < -0.4 is 5.32 Å². The number of hydrogen-bond donors (Lipinski definition) is 1. The average molecular weight is 506 g/mol. The molecule has 37 heavy (non-hydrogen) atoms. The molecular weight excluding hydrogens is 454 g/mol. The lowest BCUT2D eigenvalue weighted by molar-refractivity contribution is 0.177. The fourth-order valence-electron chi connectivity index (χ4n) is 6.91. The van der Waals surface area contributed by atoms with Gasteiger partial charge in [0.1, 0.15) is 11.6 Å². The van der Waals surface area contributed by atoms with Crippen molar-refractivity contribution in [3.63, 3.8) is 0 Å². The Balaban J connectivity index is 1.37. The Kier molecular flexibility index (Phi) is 9.36. The van der Waals surface area contributed by atoms with Gasteiger partial charge in [0, 0.05) is 36.5 Å². The standard InChI is InChI=1S/C32H51N5/c1-4-25-22-29-30(23-27(25)14-8-9-17-36-18-10-11-19-36)34-31(26-12-6-5-7-13-26)35-32(29)33-28-15-20-37(21-16-28)24(2)3/h22-24,26,28H,4-21H2,1-3H3,(H,33,34,35). The van der Waals surface area contributed by atoms with E-state index >= 15 is 0 Å². The number of hydrogen-bond acceptors (Lipinski definition) is 5. The molecule has 0 amide bonds. The molecule has 1 aromatic carbocycles. The normalized spacial score (nSPS) is 20.9. The molecule has 3 aliphatic rings. The molecule has 2 saturated heterocycles. The van der Waals surface area contributed by atoms with Gasteiger partial charge in [0.05, 0.1) is 5.52 Å². The number of nitrogens with one attached hydrogen (secondary N) is 1. The van der Waals surface area contributed by atoms with Crippen LogP contribution in [0.3, 0.4) is 0 Å². The third-order valence-electron chi connectivity index (χ3n) is 9.36. The van der Waals surface area contributed by atoms with Crippen molar-refractivity contribution in [3.05, 3.63) is 29.1 Å². The third-order valence-corrected chi connectivity index (χ3v) is 9.36. The van der Waals surface area contributed by atoms with Crippen molar-refractivity contribution in [2.45, 2.75) is 122 Å². The van der Waals surface area contributed by atoms with E-state index in [0.29, 0.717) is 18.0 Å². The maximum Gasteiger partial charge on any atom is 0.137 e. The highest BCUT2D eigenvalue weighted by Crippen LogP contribution is 2.34. The smallest absolute Gasteiger partial charge is 0.137 e. The van der Waals surface area contributed by atoms with Gasteiger partial charge in [0.15, 0.2) is 0 Å². The van der Waals surface area contributed by atoms with E-state index in [2.05, 4.69) is 48.0 Å². The van der Waals surface area contributed by atoms with Crippen LogP contribution in [0.1, 0.15) is 114 Å². The Hall–Kier alpha value is -1.72. The van der Waals surface area contributed by atoms with Gasteiger partial charge < -0.3 is 15.1 Å². The number of aromatic nitrogens is 2. The van der Waals surface area contributed by atoms with Gasteiger partial charge >= 0.3 is 0 Å². The van der Waals surface area contributed by atoms with Crippen molar-refractivity contribution < 1.29 is 0 Å². The summed E-state index contributed by atoms with van der Waals surface area (Å²) in [7, 11) is 0. The Morgan fingerprint density at radius 2 is 1.62 bits per heavy atom. The highest BCUT2D eigenvalue weighted by molar-refractivity contribution is 5.90. The molecule has 3 heterocycles. The van der Waals surface area contributed by atoms with Crippen molar-refractivity contribution in [1.29, 1.82) is 0 Å².